The fraction of sp³-hybridized carbons (Fsp3) is 0.278. The summed E-state index contributed by atoms with van der Waals surface area (Å²) in [4.78, 5) is 30.0. The number of hydrogen-bond donors (Lipinski definition) is 3. The molecule has 0 aliphatic carbocycles. The molecule has 138 valence electrons. The summed E-state index contributed by atoms with van der Waals surface area (Å²) < 4.78 is 0.279. The lowest BCUT2D eigenvalue weighted by Crippen LogP contribution is -2.17. The highest BCUT2D eigenvalue weighted by atomic mass is 35.5. The zero-order valence-corrected chi connectivity index (χ0v) is 16.9. The van der Waals surface area contributed by atoms with Crippen LogP contribution in [0.1, 0.15) is 35.8 Å². The summed E-state index contributed by atoms with van der Waals surface area (Å²) in [6.45, 7) is 3.83. The van der Waals surface area contributed by atoms with E-state index in [-0.39, 0.29) is 21.9 Å². The molecular formula is C18H20ClN3O2S2. The summed E-state index contributed by atoms with van der Waals surface area (Å²) in [6, 6.07) is 6.87. The molecule has 0 saturated heterocycles. The van der Waals surface area contributed by atoms with Crippen LogP contribution >= 0.6 is 35.6 Å². The molecule has 5 nitrogen and oxygen atoms in total. The number of carbonyl (C=O) groups is 1. The lowest BCUT2D eigenvalue weighted by molar-refractivity contribution is 0.102. The standard InChI is InChI=1S/C18H20ClN3O2S2/c1-3-4-8-15(21-16-11(2)20-18(25)22-17(16)24)26-10-14(23)12-6-5-7-13(19)9-12/h5-9,21H,3-4,10H2,1-2H3,(H2,20,22,24,25)/b15-8-. The molecule has 0 saturated carbocycles. The molecule has 0 fully saturated rings. The number of anilines is 1. The Morgan fingerprint density at radius 3 is 2.81 bits per heavy atom. The zero-order valence-electron chi connectivity index (χ0n) is 14.5. The van der Waals surface area contributed by atoms with Gasteiger partial charge in [0, 0.05) is 16.3 Å². The molecule has 3 N–H and O–H groups in total. The Bertz CT molecular complexity index is 935. The van der Waals surface area contributed by atoms with Crippen molar-refractivity contribution in [3.8, 4) is 0 Å². The minimum Gasteiger partial charge on any atom is -0.345 e. The molecule has 0 aliphatic rings. The predicted octanol–water partition coefficient (Wildman–Crippen LogP) is 5.06. The average molecular weight is 410 g/mol. The highest BCUT2D eigenvalue weighted by molar-refractivity contribution is 8.03. The molecule has 2 aromatic rings. The number of ketones is 1. The fourth-order valence-electron chi connectivity index (χ4n) is 2.18. The van der Waals surface area contributed by atoms with Crippen LogP contribution in [0, 0.1) is 11.7 Å². The SMILES string of the molecule is CCC/C=C(/Nc1c(C)[nH]c(=S)[nH]c1=O)SCC(=O)c1cccc(Cl)c1. The first kappa shape index (κ1) is 20.5. The number of thioether (sulfide) groups is 1. The van der Waals surface area contributed by atoms with Gasteiger partial charge in [0.1, 0.15) is 5.69 Å². The predicted molar refractivity (Wildman–Crippen MR) is 112 cm³/mol. The molecule has 0 spiro atoms. The third kappa shape index (κ3) is 5.86. The highest BCUT2D eigenvalue weighted by Crippen LogP contribution is 2.22. The fourth-order valence-corrected chi connectivity index (χ4v) is 3.48. The van der Waals surface area contributed by atoms with Crippen molar-refractivity contribution >= 4 is 47.1 Å². The van der Waals surface area contributed by atoms with Crippen LogP contribution in [0.5, 0.6) is 0 Å². The van der Waals surface area contributed by atoms with Gasteiger partial charge in [-0.2, -0.15) is 0 Å². The second kappa shape index (κ2) is 9.75. The van der Waals surface area contributed by atoms with E-state index in [9.17, 15) is 9.59 Å². The van der Waals surface area contributed by atoms with Gasteiger partial charge in [0.15, 0.2) is 10.6 Å². The van der Waals surface area contributed by atoms with Gasteiger partial charge in [-0.25, -0.2) is 0 Å². The second-order valence-electron chi connectivity index (χ2n) is 5.61. The molecule has 2 rings (SSSR count). The van der Waals surface area contributed by atoms with E-state index in [2.05, 4.69) is 22.2 Å². The number of H-pyrrole nitrogens is 2. The van der Waals surface area contributed by atoms with Crippen LogP contribution in [0.25, 0.3) is 0 Å². The van der Waals surface area contributed by atoms with Crippen molar-refractivity contribution in [3.63, 3.8) is 0 Å². The number of aromatic nitrogens is 2. The Morgan fingerprint density at radius 1 is 1.38 bits per heavy atom. The van der Waals surface area contributed by atoms with Gasteiger partial charge >= 0.3 is 0 Å². The quantitative estimate of drug-likeness (QED) is 0.419. The summed E-state index contributed by atoms with van der Waals surface area (Å²) in [6.07, 6.45) is 3.78. The van der Waals surface area contributed by atoms with Crippen molar-refractivity contribution in [1.29, 1.82) is 0 Å². The van der Waals surface area contributed by atoms with E-state index < -0.39 is 0 Å². The Morgan fingerprint density at radius 2 is 2.15 bits per heavy atom. The van der Waals surface area contributed by atoms with Gasteiger partial charge in [0.05, 0.1) is 10.8 Å². The average Bonchev–Trinajstić information content (AvgIpc) is 2.59. The number of nitrogens with one attached hydrogen (secondary N) is 3. The van der Waals surface area contributed by atoms with E-state index in [0.717, 1.165) is 17.9 Å². The van der Waals surface area contributed by atoms with Gasteiger partial charge < -0.3 is 10.3 Å². The monoisotopic (exact) mass is 409 g/mol. The number of allylic oxidation sites excluding steroid dienone is 1. The highest BCUT2D eigenvalue weighted by Gasteiger charge is 2.11. The Hall–Kier alpha value is -1.83. The first-order chi connectivity index (χ1) is 12.4. The van der Waals surface area contributed by atoms with Gasteiger partial charge in [0.25, 0.3) is 5.56 Å². The molecule has 0 unspecified atom stereocenters. The zero-order chi connectivity index (χ0) is 19.1. The van der Waals surface area contributed by atoms with Crippen molar-refractivity contribution in [2.24, 2.45) is 0 Å². The molecule has 0 aliphatic heterocycles. The van der Waals surface area contributed by atoms with Crippen molar-refractivity contribution in [3.05, 3.63) is 66.8 Å². The van der Waals surface area contributed by atoms with Crippen LogP contribution in [0.15, 0.2) is 40.2 Å². The van der Waals surface area contributed by atoms with Gasteiger partial charge in [-0.3, -0.25) is 14.6 Å². The number of benzene rings is 1. The number of halogens is 1. The van der Waals surface area contributed by atoms with Gasteiger partial charge in [-0.15, -0.1) is 11.8 Å². The number of aromatic amines is 2. The number of aryl methyl sites for hydroxylation is 1. The maximum absolute atomic E-state index is 12.4. The van der Waals surface area contributed by atoms with Crippen LogP contribution in [0.3, 0.4) is 0 Å². The number of hydrogen-bond acceptors (Lipinski definition) is 5. The van der Waals surface area contributed by atoms with Crippen molar-refractivity contribution < 1.29 is 4.79 Å². The van der Waals surface area contributed by atoms with E-state index >= 15 is 0 Å². The van der Waals surface area contributed by atoms with E-state index in [1.54, 1.807) is 31.2 Å². The number of Topliss-reactive ketones (excluding diaryl/α,β-unsaturated/α-hetero) is 1. The smallest absolute Gasteiger partial charge is 0.275 e. The van der Waals surface area contributed by atoms with Crippen molar-refractivity contribution in [2.45, 2.75) is 26.7 Å². The first-order valence-corrected chi connectivity index (χ1v) is 9.89. The maximum Gasteiger partial charge on any atom is 0.275 e. The van der Waals surface area contributed by atoms with Gasteiger partial charge in [0.2, 0.25) is 0 Å². The topological polar surface area (TPSA) is 77.8 Å². The van der Waals surface area contributed by atoms with E-state index in [0.29, 0.717) is 22.0 Å². The van der Waals surface area contributed by atoms with Crippen molar-refractivity contribution in [2.75, 3.05) is 11.1 Å². The first-order valence-electron chi connectivity index (χ1n) is 8.12. The second-order valence-corrected chi connectivity index (χ2v) is 7.47. The van der Waals surface area contributed by atoms with Gasteiger partial charge in [-0.1, -0.05) is 43.2 Å². The van der Waals surface area contributed by atoms with Crippen molar-refractivity contribution in [1.82, 2.24) is 9.97 Å². The molecule has 0 amide bonds. The summed E-state index contributed by atoms with van der Waals surface area (Å²) >= 11 is 12.3. The molecule has 0 bridgehead atoms. The third-order valence-corrected chi connectivity index (χ3v) is 4.93. The van der Waals surface area contributed by atoms with Crippen LogP contribution in [0.4, 0.5) is 5.69 Å². The Balaban J connectivity index is 2.15. The minimum atomic E-state index is -0.296. The molecule has 1 heterocycles. The Labute approximate surface area is 166 Å². The molecule has 1 aromatic heterocycles. The van der Waals surface area contributed by atoms with E-state index in [1.165, 1.54) is 11.8 Å². The van der Waals surface area contributed by atoms with Crippen LogP contribution in [-0.2, 0) is 0 Å². The molecule has 0 atom stereocenters. The summed E-state index contributed by atoms with van der Waals surface area (Å²) in [5.41, 5.74) is 1.31. The normalized spacial score (nSPS) is 11.4. The van der Waals surface area contributed by atoms with Crippen LogP contribution in [0.2, 0.25) is 5.02 Å². The minimum absolute atomic E-state index is 0.0280. The summed E-state index contributed by atoms with van der Waals surface area (Å²) in [7, 11) is 0. The number of carbonyl (C=O) groups excluding carboxylic acids is 1. The van der Waals surface area contributed by atoms with E-state index in [1.807, 2.05) is 6.08 Å². The lowest BCUT2D eigenvalue weighted by atomic mass is 10.1. The Kier molecular flexibility index (Phi) is 7.68. The van der Waals surface area contributed by atoms with Gasteiger partial charge in [-0.05, 0) is 37.7 Å². The molecule has 8 heteroatoms. The lowest BCUT2D eigenvalue weighted by Gasteiger charge is -2.12. The van der Waals surface area contributed by atoms with Crippen LogP contribution < -0.4 is 10.9 Å². The van der Waals surface area contributed by atoms with E-state index in [4.69, 9.17) is 23.8 Å². The number of rotatable bonds is 8. The molecule has 0 radical (unpaired) electrons. The summed E-state index contributed by atoms with van der Waals surface area (Å²) in [5.74, 6) is 0.211. The molecule has 1 aromatic carbocycles. The molecule has 26 heavy (non-hydrogen) atoms. The third-order valence-electron chi connectivity index (χ3n) is 3.50. The summed E-state index contributed by atoms with van der Waals surface area (Å²) in [5, 5.41) is 4.40. The number of unbranched alkanes of at least 4 members (excludes halogenated alkanes) is 1. The largest absolute Gasteiger partial charge is 0.345 e. The van der Waals surface area contributed by atoms with Crippen LogP contribution in [-0.4, -0.2) is 21.5 Å². The molecular weight excluding hydrogens is 390 g/mol. The maximum atomic E-state index is 12.4.